The highest BCUT2D eigenvalue weighted by molar-refractivity contribution is 6.01. The van der Waals surface area contributed by atoms with Gasteiger partial charge in [0.05, 0.1) is 19.2 Å². The molecule has 1 atom stereocenters. The molecule has 6 heteroatoms. The molecule has 1 aromatic rings. The number of imide groups is 1. The largest absolute Gasteiger partial charge is 0.466 e. The lowest BCUT2D eigenvalue weighted by Gasteiger charge is -2.41. The van der Waals surface area contributed by atoms with Crippen molar-refractivity contribution in [3.05, 3.63) is 47.2 Å². The number of benzene rings is 1. The van der Waals surface area contributed by atoms with Crippen molar-refractivity contribution >= 4 is 17.9 Å². The van der Waals surface area contributed by atoms with Crippen LogP contribution >= 0.6 is 0 Å². The zero-order chi connectivity index (χ0) is 19.3. The Bertz CT molecular complexity index is 802. The van der Waals surface area contributed by atoms with Gasteiger partial charge in [0.15, 0.2) is 0 Å². The summed E-state index contributed by atoms with van der Waals surface area (Å²) in [6, 6.07) is 7.68. The van der Waals surface area contributed by atoms with E-state index in [0.29, 0.717) is 17.7 Å². The first-order valence-corrected chi connectivity index (χ1v) is 8.35. The number of hydrogen-bond donors (Lipinski definition) is 0. The van der Waals surface area contributed by atoms with Gasteiger partial charge in [0.1, 0.15) is 6.04 Å². The van der Waals surface area contributed by atoms with E-state index in [4.69, 9.17) is 4.74 Å². The number of allylic oxidation sites excluding steroid dienone is 1. The van der Waals surface area contributed by atoms with Crippen molar-refractivity contribution in [1.29, 1.82) is 0 Å². The van der Waals surface area contributed by atoms with E-state index in [1.54, 1.807) is 31.2 Å². The number of rotatable bonds is 4. The van der Waals surface area contributed by atoms with Crippen molar-refractivity contribution in [3.8, 4) is 11.8 Å². The molecule has 26 heavy (non-hydrogen) atoms. The van der Waals surface area contributed by atoms with Crippen LogP contribution in [0.2, 0.25) is 0 Å². The first-order valence-electron chi connectivity index (χ1n) is 8.35. The lowest BCUT2D eigenvalue weighted by atomic mass is 9.92. The van der Waals surface area contributed by atoms with Crippen LogP contribution in [0.5, 0.6) is 0 Å². The summed E-state index contributed by atoms with van der Waals surface area (Å²) in [7, 11) is 1.29. The van der Waals surface area contributed by atoms with Crippen LogP contribution in [0.25, 0.3) is 0 Å². The number of methoxy groups -OCH3 is 1. The molecule has 0 aliphatic carbocycles. The molecule has 0 saturated carbocycles. The fourth-order valence-corrected chi connectivity index (χ4v) is 3.10. The van der Waals surface area contributed by atoms with Crippen molar-refractivity contribution in [1.82, 2.24) is 9.80 Å². The Hall–Kier alpha value is -3.07. The summed E-state index contributed by atoms with van der Waals surface area (Å²) < 4.78 is 4.98. The Morgan fingerprint density at radius 1 is 1.23 bits per heavy atom. The molecule has 1 aliphatic heterocycles. The third kappa shape index (κ3) is 3.47. The van der Waals surface area contributed by atoms with E-state index in [9.17, 15) is 14.4 Å². The first-order chi connectivity index (χ1) is 12.5. The molecular formula is C20H22N2O4. The van der Waals surface area contributed by atoms with Gasteiger partial charge in [-0.1, -0.05) is 43.2 Å². The monoisotopic (exact) mass is 354 g/mol. The van der Waals surface area contributed by atoms with Crippen LogP contribution in [0.4, 0.5) is 4.79 Å². The number of ether oxygens (including phenoxy) is 1. The van der Waals surface area contributed by atoms with Gasteiger partial charge in [-0.15, -0.1) is 5.92 Å². The van der Waals surface area contributed by atoms with Crippen molar-refractivity contribution in [2.75, 3.05) is 13.7 Å². The van der Waals surface area contributed by atoms with Crippen molar-refractivity contribution in [2.45, 2.75) is 33.2 Å². The van der Waals surface area contributed by atoms with Gasteiger partial charge < -0.3 is 4.74 Å². The number of nitrogens with zero attached hydrogens (tertiary/aromatic N) is 2. The molecule has 136 valence electrons. The maximum atomic E-state index is 13.1. The zero-order valence-electron chi connectivity index (χ0n) is 15.4. The van der Waals surface area contributed by atoms with Crippen LogP contribution in [0.15, 0.2) is 41.6 Å². The van der Waals surface area contributed by atoms with E-state index in [1.165, 1.54) is 18.9 Å². The summed E-state index contributed by atoms with van der Waals surface area (Å²) in [5.74, 6) is 4.56. The molecule has 1 unspecified atom stereocenters. The second kappa shape index (κ2) is 8.34. The van der Waals surface area contributed by atoms with Crippen LogP contribution in [0.1, 0.15) is 38.8 Å². The van der Waals surface area contributed by atoms with E-state index in [1.807, 2.05) is 13.0 Å². The standard InChI is InChI=1S/C20H22N2O4/c1-5-7-13-21-16(6-2)17(19(24)26-4)18(15-11-9-8-10-12-15)22(14(3)23)20(21)25/h8-12,18H,6,13H2,1-4H3. The van der Waals surface area contributed by atoms with Gasteiger partial charge in [0.25, 0.3) is 0 Å². The topological polar surface area (TPSA) is 66.9 Å². The molecule has 0 bridgehead atoms. The molecule has 3 amide bonds. The van der Waals surface area contributed by atoms with Gasteiger partial charge in [0, 0.05) is 12.6 Å². The third-order valence-corrected chi connectivity index (χ3v) is 4.21. The summed E-state index contributed by atoms with van der Waals surface area (Å²) in [5.41, 5.74) is 1.48. The first kappa shape index (κ1) is 19.3. The highest BCUT2D eigenvalue weighted by atomic mass is 16.5. The maximum Gasteiger partial charge on any atom is 0.338 e. The number of hydrogen-bond acceptors (Lipinski definition) is 4. The second-order valence-corrected chi connectivity index (χ2v) is 5.70. The number of urea groups is 1. The van der Waals surface area contributed by atoms with Gasteiger partial charge >= 0.3 is 12.0 Å². The Morgan fingerprint density at radius 3 is 2.38 bits per heavy atom. The molecular weight excluding hydrogens is 332 g/mol. The Kier molecular flexibility index (Phi) is 6.18. The average molecular weight is 354 g/mol. The quantitative estimate of drug-likeness (QED) is 0.616. The minimum Gasteiger partial charge on any atom is -0.466 e. The number of carbonyl (C=O) groups is 3. The molecule has 1 aromatic carbocycles. The molecule has 0 aromatic heterocycles. The van der Waals surface area contributed by atoms with Crippen LogP contribution < -0.4 is 0 Å². The smallest absolute Gasteiger partial charge is 0.338 e. The van der Waals surface area contributed by atoms with Crippen LogP contribution in [-0.4, -0.2) is 41.4 Å². The van der Waals surface area contributed by atoms with Crippen molar-refractivity contribution in [2.24, 2.45) is 0 Å². The summed E-state index contributed by atoms with van der Waals surface area (Å²) in [4.78, 5) is 40.5. The van der Waals surface area contributed by atoms with Crippen molar-refractivity contribution < 1.29 is 19.1 Å². The lowest BCUT2D eigenvalue weighted by molar-refractivity contribution is -0.138. The second-order valence-electron chi connectivity index (χ2n) is 5.70. The maximum absolute atomic E-state index is 13.1. The van der Waals surface area contributed by atoms with E-state index in [2.05, 4.69) is 11.8 Å². The number of amides is 3. The Balaban J connectivity index is 2.78. The highest BCUT2D eigenvalue weighted by Crippen LogP contribution is 2.38. The molecule has 1 heterocycles. The fourth-order valence-electron chi connectivity index (χ4n) is 3.10. The zero-order valence-corrected chi connectivity index (χ0v) is 15.4. The fraction of sp³-hybridized carbons (Fsp3) is 0.350. The summed E-state index contributed by atoms with van der Waals surface area (Å²) in [6.07, 6.45) is 0.427. The van der Waals surface area contributed by atoms with E-state index < -0.39 is 23.9 Å². The molecule has 2 rings (SSSR count). The lowest BCUT2D eigenvalue weighted by Crippen LogP contribution is -2.52. The van der Waals surface area contributed by atoms with Gasteiger partial charge in [-0.05, 0) is 18.9 Å². The third-order valence-electron chi connectivity index (χ3n) is 4.21. The SMILES string of the molecule is CC#CCN1C(=O)N(C(C)=O)C(c2ccccc2)C(C(=O)OC)=C1CC. The van der Waals surface area contributed by atoms with Crippen LogP contribution in [0.3, 0.4) is 0 Å². The van der Waals surface area contributed by atoms with Gasteiger partial charge in [-0.3, -0.25) is 14.6 Å². The van der Waals surface area contributed by atoms with E-state index in [-0.39, 0.29) is 12.1 Å². The number of carbonyl (C=O) groups excluding carboxylic acids is 3. The summed E-state index contributed by atoms with van der Waals surface area (Å²) >= 11 is 0. The van der Waals surface area contributed by atoms with Gasteiger partial charge in [-0.25, -0.2) is 9.59 Å². The van der Waals surface area contributed by atoms with Crippen LogP contribution in [-0.2, 0) is 14.3 Å². The van der Waals surface area contributed by atoms with Crippen LogP contribution in [0, 0.1) is 11.8 Å². The molecule has 0 N–H and O–H groups in total. The summed E-state index contributed by atoms with van der Waals surface area (Å²) in [5, 5.41) is 0. The summed E-state index contributed by atoms with van der Waals surface area (Å²) in [6.45, 7) is 4.93. The van der Waals surface area contributed by atoms with E-state index in [0.717, 1.165) is 4.90 Å². The predicted molar refractivity (Wildman–Crippen MR) is 96.6 cm³/mol. The van der Waals surface area contributed by atoms with E-state index >= 15 is 0 Å². The molecule has 1 aliphatic rings. The molecule has 0 radical (unpaired) electrons. The normalized spacial score (nSPS) is 16.9. The minimum absolute atomic E-state index is 0.101. The molecule has 0 saturated heterocycles. The molecule has 0 fully saturated rings. The van der Waals surface area contributed by atoms with Gasteiger partial charge in [-0.2, -0.15) is 0 Å². The Labute approximate surface area is 153 Å². The number of esters is 1. The Morgan fingerprint density at radius 2 is 1.88 bits per heavy atom. The highest BCUT2D eigenvalue weighted by Gasteiger charge is 2.44. The average Bonchev–Trinajstić information content (AvgIpc) is 2.65. The van der Waals surface area contributed by atoms with Crippen molar-refractivity contribution in [3.63, 3.8) is 0 Å². The predicted octanol–water partition coefficient (Wildman–Crippen LogP) is 2.87. The minimum atomic E-state index is -0.825. The van der Waals surface area contributed by atoms with Gasteiger partial charge in [0.2, 0.25) is 5.91 Å². The molecule has 6 nitrogen and oxygen atoms in total. The molecule has 0 spiro atoms.